The van der Waals surface area contributed by atoms with E-state index in [-0.39, 0.29) is 18.7 Å². The molecule has 1 aliphatic heterocycles. The fourth-order valence-electron chi connectivity index (χ4n) is 1.90. The Balaban J connectivity index is 1.60. The van der Waals surface area contributed by atoms with Crippen LogP contribution in [0.2, 0.25) is 0 Å². The van der Waals surface area contributed by atoms with Crippen LogP contribution in [0, 0.1) is 0 Å². The van der Waals surface area contributed by atoms with Crippen LogP contribution in [0.1, 0.15) is 39.2 Å². The van der Waals surface area contributed by atoms with Gasteiger partial charge in [-0.1, -0.05) is 0 Å². The highest BCUT2D eigenvalue weighted by atomic mass is 32.1. The highest BCUT2D eigenvalue weighted by molar-refractivity contribution is 7.13. The van der Waals surface area contributed by atoms with Gasteiger partial charge in [-0.25, -0.2) is 9.78 Å². The summed E-state index contributed by atoms with van der Waals surface area (Å²) in [6.45, 7) is 0.979. The maximum atomic E-state index is 11.8. The summed E-state index contributed by atoms with van der Waals surface area (Å²) in [4.78, 5) is 16.6. The van der Waals surface area contributed by atoms with Gasteiger partial charge in [0.2, 0.25) is 0 Å². The first-order valence-corrected chi connectivity index (χ1v) is 6.90. The molecule has 100 valence electrons. The van der Waals surface area contributed by atoms with Gasteiger partial charge in [0, 0.05) is 12.2 Å². The number of carbonyl (C=O) groups is 1. The van der Waals surface area contributed by atoms with Gasteiger partial charge < -0.3 is 13.9 Å². The minimum Gasteiger partial charge on any atom is -0.472 e. The molecule has 0 bridgehead atoms. The predicted octanol–water partition coefficient (Wildman–Crippen LogP) is 2.94. The van der Waals surface area contributed by atoms with E-state index >= 15 is 0 Å². The second kappa shape index (κ2) is 5.54. The molecule has 5 nitrogen and oxygen atoms in total. The Bertz CT molecular complexity index is 543. The van der Waals surface area contributed by atoms with Crippen LogP contribution in [0.5, 0.6) is 0 Å². The molecule has 2 aromatic rings. The standard InChI is InChI=1S/C13H13NO4S/c15-13(18-8-9-3-5-16-7-9)11-6-14-12(19-11)10-2-1-4-17-10/h3,5-7,10H,1-2,4,8H2. The third-order valence-electron chi connectivity index (χ3n) is 2.88. The zero-order chi connectivity index (χ0) is 13.1. The van der Waals surface area contributed by atoms with Crippen molar-refractivity contribution in [2.45, 2.75) is 25.6 Å². The van der Waals surface area contributed by atoms with E-state index in [1.54, 1.807) is 24.8 Å². The summed E-state index contributed by atoms with van der Waals surface area (Å²) < 4.78 is 15.6. The average molecular weight is 279 g/mol. The molecule has 0 aliphatic carbocycles. The largest absolute Gasteiger partial charge is 0.472 e. The van der Waals surface area contributed by atoms with Gasteiger partial charge >= 0.3 is 5.97 Å². The molecule has 1 aliphatic rings. The van der Waals surface area contributed by atoms with Gasteiger partial charge in [-0.05, 0) is 18.9 Å². The van der Waals surface area contributed by atoms with Gasteiger partial charge in [-0.2, -0.15) is 0 Å². The maximum absolute atomic E-state index is 11.8. The van der Waals surface area contributed by atoms with Crippen molar-refractivity contribution in [3.05, 3.63) is 40.2 Å². The summed E-state index contributed by atoms with van der Waals surface area (Å²) >= 11 is 1.34. The summed E-state index contributed by atoms with van der Waals surface area (Å²) in [6.07, 6.45) is 6.71. The highest BCUT2D eigenvalue weighted by Gasteiger charge is 2.22. The summed E-state index contributed by atoms with van der Waals surface area (Å²) in [5.74, 6) is -0.358. The monoisotopic (exact) mass is 279 g/mol. The fourth-order valence-corrected chi connectivity index (χ4v) is 2.79. The molecule has 1 fully saturated rings. The molecule has 0 amide bonds. The molecule has 3 heterocycles. The molecule has 2 aromatic heterocycles. The van der Waals surface area contributed by atoms with Crippen molar-refractivity contribution in [2.75, 3.05) is 6.61 Å². The molecule has 0 radical (unpaired) electrons. The number of hydrogen-bond acceptors (Lipinski definition) is 6. The number of thiazole rings is 1. The van der Waals surface area contributed by atoms with Crippen molar-refractivity contribution in [1.82, 2.24) is 4.98 Å². The lowest BCUT2D eigenvalue weighted by Crippen LogP contribution is -2.02. The van der Waals surface area contributed by atoms with E-state index in [1.165, 1.54) is 11.3 Å². The summed E-state index contributed by atoms with van der Waals surface area (Å²) in [5, 5.41) is 0.854. The Labute approximate surface area is 114 Å². The summed E-state index contributed by atoms with van der Waals surface area (Å²) in [6, 6.07) is 1.76. The number of rotatable bonds is 4. The van der Waals surface area contributed by atoms with Crippen LogP contribution in [-0.2, 0) is 16.1 Å². The van der Waals surface area contributed by atoms with Crippen molar-refractivity contribution in [2.24, 2.45) is 0 Å². The lowest BCUT2D eigenvalue weighted by atomic mass is 10.2. The second-order valence-electron chi connectivity index (χ2n) is 4.27. The quantitative estimate of drug-likeness (QED) is 0.805. The predicted molar refractivity (Wildman–Crippen MR) is 67.9 cm³/mol. The third-order valence-corrected chi connectivity index (χ3v) is 3.95. The van der Waals surface area contributed by atoms with Crippen molar-refractivity contribution in [3.8, 4) is 0 Å². The molecule has 6 heteroatoms. The van der Waals surface area contributed by atoms with Gasteiger partial charge in [-0.3, -0.25) is 0 Å². The van der Waals surface area contributed by atoms with E-state index < -0.39 is 0 Å². The third kappa shape index (κ3) is 2.85. The van der Waals surface area contributed by atoms with Crippen molar-refractivity contribution >= 4 is 17.3 Å². The van der Waals surface area contributed by atoms with E-state index in [0.717, 1.165) is 30.0 Å². The molecule has 0 aromatic carbocycles. The van der Waals surface area contributed by atoms with Crippen LogP contribution in [0.15, 0.2) is 29.2 Å². The number of nitrogens with zero attached hydrogens (tertiary/aromatic N) is 1. The van der Waals surface area contributed by atoms with Crippen molar-refractivity contribution in [3.63, 3.8) is 0 Å². The Morgan fingerprint density at radius 2 is 2.53 bits per heavy atom. The van der Waals surface area contributed by atoms with E-state index in [0.29, 0.717) is 4.88 Å². The van der Waals surface area contributed by atoms with Crippen LogP contribution in [0.3, 0.4) is 0 Å². The van der Waals surface area contributed by atoms with E-state index in [4.69, 9.17) is 13.9 Å². The summed E-state index contributed by atoms with van der Waals surface area (Å²) in [5.41, 5.74) is 0.831. The number of carbonyl (C=O) groups excluding carboxylic acids is 1. The van der Waals surface area contributed by atoms with Crippen LogP contribution >= 0.6 is 11.3 Å². The molecule has 3 rings (SSSR count). The lowest BCUT2D eigenvalue weighted by molar-refractivity contribution is 0.0477. The van der Waals surface area contributed by atoms with E-state index in [2.05, 4.69) is 4.98 Å². The molecule has 1 unspecified atom stereocenters. The number of furan rings is 1. The Hall–Kier alpha value is -1.66. The Morgan fingerprint density at radius 1 is 1.58 bits per heavy atom. The smallest absolute Gasteiger partial charge is 0.350 e. The topological polar surface area (TPSA) is 61.6 Å². The SMILES string of the molecule is O=C(OCc1ccoc1)c1cnc(C2CCCO2)s1. The normalized spacial score (nSPS) is 18.6. The Morgan fingerprint density at radius 3 is 3.26 bits per heavy atom. The average Bonchev–Trinajstić information content (AvgIpc) is 3.14. The second-order valence-corrected chi connectivity index (χ2v) is 5.33. The Kier molecular flexibility index (Phi) is 3.61. The van der Waals surface area contributed by atoms with Crippen molar-refractivity contribution < 1.29 is 18.7 Å². The molecular weight excluding hydrogens is 266 g/mol. The van der Waals surface area contributed by atoms with Crippen LogP contribution in [0.25, 0.3) is 0 Å². The van der Waals surface area contributed by atoms with Gasteiger partial charge in [0.1, 0.15) is 22.6 Å². The molecule has 0 saturated carbocycles. The zero-order valence-electron chi connectivity index (χ0n) is 10.2. The number of hydrogen-bond donors (Lipinski definition) is 0. The number of esters is 1. The lowest BCUT2D eigenvalue weighted by Gasteiger charge is -2.03. The van der Waals surface area contributed by atoms with Gasteiger partial charge in [0.25, 0.3) is 0 Å². The minimum atomic E-state index is -0.358. The van der Waals surface area contributed by atoms with E-state index in [9.17, 15) is 4.79 Å². The zero-order valence-corrected chi connectivity index (χ0v) is 11.0. The first kappa shape index (κ1) is 12.4. The first-order chi connectivity index (χ1) is 9.33. The van der Waals surface area contributed by atoms with Crippen LogP contribution in [-0.4, -0.2) is 17.6 Å². The molecule has 19 heavy (non-hydrogen) atoms. The molecular formula is C13H13NO4S. The summed E-state index contributed by atoms with van der Waals surface area (Å²) in [7, 11) is 0. The molecule has 0 spiro atoms. The molecule has 1 saturated heterocycles. The fraction of sp³-hybridized carbons (Fsp3) is 0.385. The molecule has 1 atom stereocenters. The first-order valence-electron chi connectivity index (χ1n) is 6.08. The van der Waals surface area contributed by atoms with Crippen LogP contribution < -0.4 is 0 Å². The van der Waals surface area contributed by atoms with Gasteiger partial charge in [-0.15, -0.1) is 11.3 Å². The maximum Gasteiger partial charge on any atom is 0.350 e. The molecule has 0 N–H and O–H groups in total. The van der Waals surface area contributed by atoms with Crippen LogP contribution in [0.4, 0.5) is 0 Å². The van der Waals surface area contributed by atoms with E-state index in [1.807, 2.05) is 0 Å². The number of ether oxygens (including phenoxy) is 2. The van der Waals surface area contributed by atoms with Crippen molar-refractivity contribution in [1.29, 1.82) is 0 Å². The number of aromatic nitrogens is 1. The van der Waals surface area contributed by atoms with Gasteiger partial charge in [0.05, 0.1) is 18.7 Å². The minimum absolute atomic E-state index is 0.0421. The van der Waals surface area contributed by atoms with Gasteiger partial charge in [0.15, 0.2) is 0 Å². The highest BCUT2D eigenvalue weighted by Crippen LogP contribution is 2.31.